The van der Waals surface area contributed by atoms with Crippen molar-refractivity contribution in [3.05, 3.63) is 54.6 Å². The molecule has 0 unspecified atom stereocenters. The molecule has 0 amide bonds. The van der Waals surface area contributed by atoms with Crippen molar-refractivity contribution in [2.45, 2.75) is 24.3 Å². The lowest BCUT2D eigenvalue weighted by Crippen LogP contribution is -2.09. The van der Waals surface area contributed by atoms with Gasteiger partial charge in [-0.2, -0.15) is 5.10 Å². The van der Waals surface area contributed by atoms with Crippen LogP contribution >= 0.6 is 11.8 Å². The topological polar surface area (TPSA) is 35.6 Å². The molecule has 1 aromatic carbocycles. The van der Waals surface area contributed by atoms with Gasteiger partial charge in [-0.3, -0.25) is 4.68 Å². The fourth-order valence-electron chi connectivity index (χ4n) is 2.73. The monoisotopic (exact) mass is 312 g/mol. The van der Waals surface area contributed by atoms with Crippen LogP contribution < -0.4 is 0 Å². The molecule has 2 heterocycles. The first-order valence-electron chi connectivity index (χ1n) is 7.38. The highest BCUT2D eigenvalue weighted by Gasteiger charge is 2.17. The fourth-order valence-corrected chi connectivity index (χ4v) is 3.14. The molecule has 0 spiro atoms. The van der Waals surface area contributed by atoms with E-state index in [1.54, 1.807) is 11.8 Å². The second-order valence-corrected chi connectivity index (χ2v) is 6.14. The summed E-state index contributed by atoms with van der Waals surface area (Å²) in [7, 11) is 1.95. The van der Waals surface area contributed by atoms with Crippen LogP contribution in [0.1, 0.15) is 24.9 Å². The smallest absolute Gasteiger partial charge is 0.140 e. The molecule has 0 N–H and O–H groups in total. The van der Waals surface area contributed by atoms with Crippen LogP contribution in [0, 0.1) is 0 Å². The van der Waals surface area contributed by atoms with Crippen LogP contribution in [0.3, 0.4) is 0 Å². The van der Waals surface area contributed by atoms with E-state index in [9.17, 15) is 0 Å². The minimum atomic E-state index is 0.256. The van der Waals surface area contributed by atoms with Gasteiger partial charge in [0, 0.05) is 41.7 Å². The van der Waals surface area contributed by atoms with Crippen molar-refractivity contribution in [1.29, 1.82) is 0 Å². The first-order chi connectivity index (χ1) is 10.7. The number of imidazole rings is 1. The highest BCUT2D eigenvalue weighted by atomic mass is 32.2. The molecule has 5 heteroatoms. The van der Waals surface area contributed by atoms with Gasteiger partial charge in [0.05, 0.1) is 12.2 Å². The third-order valence-corrected chi connectivity index (χ3v) is 4.59. The minimum absolute atomic E-state index is 0.256. The predicted molar refractivity (Wildman–Crippen MR) is 91.1 cm³/mol. The number of hydrogen-bond acceptors (Lipinski definition) is 3. The van der Waals surface area contributed by atoms with Crippen molar-refractivity contribution in [2.75, 3.05) is 6.26 Å². The summed E-state index contributed by atoms with van der Waals surface area (Å²) in [6, 6.07) is 8.82. The normalized spacial score (nSPS) is 12.5. The van der Waals surface area contributed by atoms with Gasteiger partial charge in [0.1, 0.15) is 5.82 Å². The van der Waals surface area contributed by atoms with Crippen molar-refractivity contribution < 1.29 is 0 Å². The zero-order chi connectivity index (χ0) is 15.5. The average molecular weight is 312 g/mol. The quantitative estimate of drug-likeness (QED) is 0.668. The molecular formula is C17H20N4S. The molecule has 4 nitrogen and oxygen atoms in total. The Morgan fingerprint density at radius 3 is 2.59 bits per heavy atom. The molecule has 0 saturated carbocycles. The number of nitrogens with zero attached hydrogens (tertiary/aromatic N) is 4. The third-order valence-electron chi connectivity index (χ3n) is 3.85. The van der Waals surface area contributed by atoms with E-state index in [0.29, 0.717) is 0 Å². The van der Waals surface area contributed by atoms with Crippen molar-refractivity contribution in [3.8, 4) is 11.4 Å². The van der Waals surface area contributed by atoms with Crippen LogP contribution in [0.2, 0.25) is 0 Å². The zero-order valence-corrected chi connectivity index (χ0v) is 13.9. The van der Waals surface area contributed by atoms with E-state index in [0.717, 1.165) is 17.8 Å². The van der Waals surface area contributed by atoms with Crippen LogP contribution in [0.5, 0.6) is 0 Å². The first-order valence-corrected chi connectivity index (χ1v) is 8.61. The molecule has 1 atom stereocenters. The molecule has 3 rings (SSSR count). The predicted octanol–water partition coefficient (Wildman–Crippen LogP) is 4.00. The highest BCUT2D eigenvalue weighted by molar-refractivity contribution is 7.98. The molecule has 0 bridgehead atoms. The van der Waals surface area contributed by atoms with E-state index in [1.165, 1.54) is 10.5 Å². The second kappa shape index (κ2) is 6.40. The van der Waals surface area contributed by atoms with E-state index in [4.69, 9.17) is 0 Å². The Labute approximate surface area is 135 Å². The zero-order valence-electron chi connectivity index (χ0n) is 13.1. The van der Waals surface area contributed by atoms with Crippen LogP contribution in [0.25, 0.3) is 11.4 Å². The number of rotatable bonds is 5. The van der Waals surface area contributed by atoms with Crippen LogP contribution in [0.15, 0.2) is 53.9 Å². The number of thioether (sulfide) groups is 1. The number of benzene rings is 1. The van der Waals surface area contributed by atoms with Gasteiger partial charge in [-0.15, -0.1) is 11.8 Å². The maximum absolute atomic E-state index is 4.57. The average Bonchev–Trinajstić information content (AvgIpc) is 3.18. The molecule has 0 aliphatic heterocycles. The Morgan fingerprint density at radius 1 is 1.23 bits per heavy atom. The second-order valence-electron chi connectivity index (χ2n) is 5.26. The van der Waals surface area contributed by atoms with Gasteiger partial charge in [0.15, 0.2) is 0 Å². The molecule has 0 aliphatic carbocycles. The summed E-state index contributed by atoms with van der Waals surface area (Å²) in [5, 5.41) is 4.30. The van der Waals surface area contributed by atoms with Crippen molar-refractivity contribution in [2.24, 2.45) is 7.05 Å². The summed E-state index contributed by atoms with van der Waals surface area (Å²) in [6.45, 7) is 2.19. The van der Waals surface area contributed by atoms with Crippen LogP contribution in [0.4, 0.5) is 0 Å². The molecular weight excluding hydrogens is 292 g/mol. The van der Waals surface area contributed by atoms with Gasteiger partial charge in [-0.05, 0) is 24.8 Å². The van der Waals surface area contributed by atoms with Gasteiger partial charge in [-0.25, -0.2) is 4.98 Å². The maximum Gasteiger partial charge on any atom is 0.140 e. The largest absolute Gasteiger partial charge is 0.323 e. The van der Waals surface area contributed by atoms with E-state index < -0.39 is 0 Å². The lowest BCUT2D eigenvalue weighted by molar-refractivity contribution is 0.571. The summed E-state index contributed by atoms with van der Waals surface area (Å²) in [4.78, 5) is 5.84. The van der Waals surface area contributed by atoms with Crippen LogP contribution in [-0.4, -0.2) is 25.6 Å². The highest BCUT2D eigenvalue weighted by Crippen LogP contribution is 2.28. The van der Waals surface area contributed by atoms with Gasteiger partial charge < -0.3 is 4.57 Å². The molecule has 0 aliphatic rings. The van der Waals surface area contributed by atoms with E-state index in [2.05, 4.69) is 64.5 Å². The van der Waals surface area contributed by atoms with Crippen molar-refractivity contribution in [1.82, 2.24) is 19.3 Å². The van der Waals surface area contributed by atoms with Gasteiger partial charge >= 0.3 is 0 Å². The molecule has 0 fully saturated rings. The summed E-state index contributed by atoms with van der Waals surface area (Å²) in [5.41, 5.74) is 2.36. The van der Waals surface area contributed by atoms with Crippen LogP contribution in [-0.2, 0) is 7.05 Å². The van der Waals surface area contributed by atoms with E-state index in [-0.39, 0.29) is 6.04 Å². The Balaban J connectivity index is 1.99. The fraction of sp³-hybridized carbons (Fsp3) is 0.294. The lowest BCUT2D eigenvalue weighted by Gasteiger charge is -2.18. The summed E-state index contributed by atoms with van der Waals surface area (Å²) in [5.74, 6) is 1.00. The summed E-state index contributed by atoms with van der Waals surface area (Å²) < 4.78 is 4.09. The Kier molecular flexibility index (Phi) is 4.34. The van der Waals surface area contributed by atoms with E-state index in [1.807, 2.05) is 24.1 Å². The molecule has 22 heavy (non-hydrogen) atoms. The van der Waals surface area contributed by atoms with Crippen molar-refractivity contribution in [3.63, 3.8) is 0 Å². The molecule has 114 valence electrons. The van der Waals surface area contributed by atoms with Gasteiger partial charge in [-0.1, -0.05) is 19.1 Å². The molecule has 0 saturated heterocycles. The first kappa shape index (κ1) is 14.9. The summed E-state index contributed by atoms with van der Waals surface area (Å²) in [6.07, 6.45) is 11.0. The SMILES string of the molecule is CC[C@H](c1cnn(C)c1)n1ccnc1-c1ccc(SC)cc1. The van der Waals surface area contributed by atoms with Gasteiger partial charge in [0.25, 0.3) is 0 Å². The number of aromatic nitrogens is 4. The van der Waals surface area contributed by atoms with E-state index >= 15 is 0 Å². The third kappa shape index (κ3) is 2.81. The Hall–Kier alpha value is -2.01. The minimum Gasteiger partial charge on any atom is -0.323 e. The standard InChI is InChI=1S/C17H20N4S/c1-4-16(14-11-19-20(2)12-14)21-10-9-18-17(21)13-5-7-15(22-3)8-6-13/h5-12,16H,4H2,1-3H3/t16-/m1/s1. The number of hydrogen-bond donors (Lipinski definition) is 0. The Bertz CT molecular complexity index is 742. The lowest BCUT2D eigenvalue weighted by atomic mass is 10.1. The van der Waals surface area contributed by atoms with Crippen molar-refractivity contribution >= 4 is 11.8 Å². The summed E-state index contributed by atoms with van der Waals surface area (Å²) >= 11 is 1.75. The van der Waals surface area contributed by atoms with Gasteiger partial charge in [0.2, 0.25) is 0 Å². The molecule has 0 radical (unpaired) electrons. The maximum atomic E-state index is 4.57. The Morgan fingerprint density at radius 2 is 2.00 bits per heavy atom. The molecule has 3 aromatic rings. The molecule has 2 aromatic heterocycles. The number of aryl methyl sites for hydroxylation is 1.